The molecule has 0 radical (unpaired) electrons. The van der Waals surface area contributed by atoms with Crippen molar-refractivity contribution in [2.75, 3.05) is 13.4 Å². The van der Waals surface area contributed by atoms with E-state index < -0.39 is 0 Å². The molecule has 25 heavy (non-hydrogen) atoms. The Bertz CT molecular complexity index is 759. The molecule has 1 aromatic carbocycles. The summed E-state index contributed by atoms with van der Waals surface area (Å²) in [6.45, 7) is 8.09. The Hall–Kier alpha value is -1.54. The number of nitrogens with zero attached hydrogens (tertiary/aromatic N) is 4. The molecule has 0 unspecified atom stereocenters. The topological polar surface area (TPSA) is 61.5 Å². The van der Waals surface area contributed by atoms with E-state index in [4.69, 9.17) is 9.47 Å². The Morgan fingerprint density at radius 1 is 1.24 bits per heavy atom. The van der Waals surface area contributed by atoms with Crippen LogP contribution in [0.25, 0.3) is 0 Å². The second kappa shape index (κ2) is 8.71. The highest BCUT2D eigenvalue weighted by atomic mass is 79.9. The molecule has 1 aromatic heterocycles. The van der Waals surface area contributed by atoms with Gasteiger partial charge in [-0.3, -0.25) is 0 Å². The van der Waals surface area contributed by atoms with Crippen molar-refractivity contribution in [1.29, 1.82) is 0 Å². The van der Waals surface area contributed by atoms with Crippen LogP contribution in [0.2, 0.25) is 0 Å². The summed E-state index contributed by atoms with van der Waals surface area (Å²) >= 11 is 5.06. The van der Waals surface area contributed by atoms with E-state index in [1.807, 2.05) is 32.2 Å². The second-order valence-corrected chi connectivity index (χ2v) is 7.58. The van der Waals surface area contributed by atoms with Crippen molar-refractivity contribution >= 4 is 33.9 Å². The van der Waals surface area contributed by atoms with E-state index in [1.165, 1.54) is 11.8 Å². The normalized spacial score (nSPS) is 11.7. The van der Waals surface area contributed by atoms with Crippen LogP contribution in [0, 0.1) is 0 Å². The van der Waals surface area contributed by atoms with E-state index >= 15 is 0 Å². The third kappa shape index (κ3) is 4.76. The maximum absolute atomic E-state index is 5.81. The molecular formula is C17H23BrN4O2S. The Balaban J connectivity index is 2.39. The van der Waals surface area contributed by atoms with Gasteiger partial charge in [0.25, 0.3) is 0 Å². The first-order chi connectivity index (χ1) is 11.9. The highest BCUT2D eigenvalue weighted by Crippen LogP contribution is 2.37. The molecule has 2 rings (SSSR count). The quantitative estimate of drug-likeness (QED) is 0.479. The van der Waals surface area contributed by atoms with E-state index in [1.54, 1.807) is 18.0 Å². The summed E-state index contributed by atoms with van der Waals surface area (Å²) in [7, 11) is 1.62. The molecule has 0 saturated carbocycles. The Labute approximate surface area is 161 Å². The fraction of sp³-hybridized carbons (Fsp3) is 0.471. The van der Waals surface area contributed by atoms with Crippen molar-refractivity contribution in [2.24, 2.45) is 5.10 Å². The van der Waals surface area contributed by atoms with Gasteiger partial charge in [-0.1, -0.05) is 25.6 Å². The first kappa shape index (κ1) is 19.8. The van der Waals surface area contributed by atoms with E-state index in [0.29, 0.717) is 11.5 Å². The van der Waals surface area contributed by atoms with Crippen LogP contribution in [0.15, 0.2) is 26.9 Å². The summed E-state index contributed by atoms with van der Waals surface area (Å²) in [6, 6.07) is 3.84. The number of halogens is 1. The van der Waals surface area contributed by atoms with Gasteiger partial charge in [-0.05, 0) is 53.7 Å². The van der Waals surface area contributed by atoms with Crippen molar-refractivity contribution < 1.29 is 9.47 Å². The number of thioether (sulfide) groups is 1. The molecule has 8 heteroatoms. The van der Waals surface area contributed by atoms with E-state index in [0.717, 1.165) is 21.0 Å². The maximum Gasteiger partial charge on any atom is 0.211 e. The summed E-state index contributed by atoms with van der Waals surface area (Å²) in [6.07, 6.45) is 3.78. The fourth-order valence-corrected chi connectivity index (χ4v) is 3.15. The van der Waals surface area contributed by atoms with Gasteiger partial charge >= 0.3 is 0 Å². The second-order valence-electron chi connectivity index (χ2n) is 5.96. The summed E-state index contributed by atoms with van der Waals surface area (Å²) in [5, 5.41) is 13.7. The Morgan fingerprint density at radius 3 is 2.52 bits per heavy atom. The maximum atomic E-state index is 5.81. The smallest absolute Gasteiger partial charge is 0.211 e. The van der Waals surface area contributed by atoms with Gasteiger partial charge in [0.05, 0.1) is 23.9 Å². The minimum absolute atomic E-state index is 0.0551. The number of methoxy groups -OCH3 is 1. The van der Waals surface area contributed by atoms with Gasteiger partial charge in [0.15, 0.2) is 17.3 Å². The number of rotatable bonds is 7. The molecule has 0 amide bonds. The van der Waals surface area contributed by atoms with Crippen LogP contribution in [0.5, 0.6) is 11.5 Å². The molecule has 0 atom stereocenters. The predicted molar refractivity (Wildman–Crippen MR) is 105 cm³/mol. The minimum Gasteiger partial charge on any atom is -0.493 e. The van der Waals surface area contributed by atoms with Gasteiger partial charge in [-0.25, -0.2) is 0 Å². The monoisotopic (exact) mass is 426 g/mol. The van der Waals surface area contributed by atoms with Crippen molar-refractivity contribution in [2.45, 2.75) is 44.9 Å². The lowest BCUT2D eigenvalue weighted by molar-refractivity contribution is 0.228. The molecule has 0 fully saturated rings. The SMILES string of the molecule is COc1cc(/C=N\n2c(SC)nnc2C(C)C)cc(Br)c1OC(C)C. The third-order valence-electron chi connectivity index (χ3n) is 3.26. The lowest BCUT2D eigenvalue weighted by atomic mass is 10.2. The van der Waals surface area contributed by atoms with Crippen molar-refractivity contribution in [3.05, 3.63) is 28.0 Å². The number of hydrogen-bond acceptors (Lipinski definition) is 6. The van der Waals surface area contributed by atoms with Crippen molar-refractivity contribution in [3.8, 4) is 11.5 Å². The number of ether oxygens (including phenoxy) is 2. The molecule has 1 heterocycles. The average molecular weight is 427 g/mol. The highest BCUT2D eigenvalue weighted by molar-refractivity contribution is 9.10. The van der Waals surface area contributed by atoms with Crippen molar-refractivity contribution in [1.82, 2.24) is 14.9 Å². The lowest BCUT2D eigenvalue weighted by Crippen LogP contribution is -2.07. The van der Waals surface area contributed by atoms with Crippen LogP contribution in [-0.2, 0) is 0 Å². The summed E-state index contributed by atoms with van der Waals surface area (Å²) in [5.41, 5.74) is 0.885. The summed E-state index contributed by atoms with van der Waals surface area (Å²) < 4.78 is 13.9. The Morgan fingerprint density at radius 2 is 1.96 bits per heavy atom. The largest absolute Gasteiger partial charge is 0.493 e. The van der Waals surface area contributed by atoms with Crippen LogP contribution >= 0.6 is 27.7 Å². The molecule has 0 bridgehead atoms. The van der Waals surface area contributed by atoms with Gasteiger partial charge in [0.2, 0.25) is 5.16 Å². The molecule has 136 valence electrons. The predicted octanol–water partition coefficient (Wildman–Crippen LogP) is 4.56. The molecule has 0 spiro atoms. The number of benzene rings is 1. The molecule has 6 nitrogen and oxygen atoms in total. The van der Waals surface area contributed by atoms with Crippen LogP contribution in [0.1, 0.15) is 45.0 Å². The highest BCUT2D eigenvalue weighted by Gasteiger charge is 2.15. The molecule has 2 aromatic rings. The van der Waals surface area contributed by atoms with Crippen LogP contribution < -0.4 is 9.47 Å². The average Bonchev–Trinajstić information content (AvgIpc) is 2.97. The lowest BCUT2D eigenvalue weighted by Gasteiger charge is -2.15. The van der Waals surface area contributed by atoms with E-state index in [2.05, 4.69) is 45.1 Å². The standard InChI is InChI=1S/C17H23BrN4O2S/c1-10(2)16-20-21-17(25-6)22(16)19-9-12-7-13(18)15(24-11(3)4)14(8-12)23-5/h7-11H,1-6H3/b19-9-. The van der Waals surface area contributed by atoms with Gasteiger partial charge < -0.3 is 9.47 Å². The van der Waals surface area contributed by atoms with Gasteiger partial charge in [0, 0.05) is 5.92 Å². The molecule has 0 aliphatic carbocycles. The van der Waals surface area contributed by atoms with E-state index in [-0.39, 0.29) is 12.0 Å². The minimum atomic E-state index is 0.0551. The summed E-state index contributed by atoms with van der Waals surface area (Å²) in [4.78, 5) is 0. The zero-order chi connectivity index (χ0) is 18.6. The number of hydrogen-bond donors (Lipinski definition) is 0. The molecular weight excluding hydrogens is 404 g/mol. The number of aromatic nitrogens is 3. The van der Waals surface area contributed by atoms with Crippen molar-refractivity contribution in [3.63, 3.8) is 0 Å². The Kier molecular flexibility index (Phi) is 6.89. The zero-order valence-electron chi connectivity index (χ0n) is 15.3. The first-order valence-electron chi connectivity index (χ1n) is 7.95. The van der Waals surface area contributed by atoms with Crippen LogP contribution in [-0.4, -0.2) is 40.6 Å². The summed E-state index contributed by atoms with van der Waals surface area (Å²) in [5.74, 6) is 2.40. The van der Waals surface area contributed by atoms with Gasteiger partial charge in [-0.15, -0.1) is 10.2 Å². The fourth-order valence-electron chi connectivity index (χ4n) is 2.16. The van der Waals surface area contributed by atoms with Crippen LogP contribution in [0.3, 0.4) is 0 Å². The van der Waals surface area contributed by atoms with E-state index in [9.17, 15) is 0 Å². The molecule has 0 saturated heterocycles. The molecule has 0 aliphatic rings. The molecule has 0 aliphatic heterocycles. The first-order valence-corrected chi connectivity index (χ1v) is 9.97. The van der Waals surface area contributed by atoms with Gasteiger partial charge in [-0.2, -0.15) is 9.78 Å². The van der Waals surface area contributed by atoms with Crippen LogP contribution in [0.4, 0.5) is 0 Å². The zero-order valence-corrected chi connectivity index (χ0v) is 17.7. The molecule has 0 N–H and O–H groups in total. The third-order valence-corrected chi connectivity index (χ3v) is 4.47. The van der Waals surface area contributed by atoms with Gasteiger partial charge in [0.1, 0.15) is 0 Å².